The second-order valence-corrected chi connectivity index (χ2v) is 3.47. The first kappa shape index (κ1) is 14.8. The second kappa shape index (κ2) is 6.07. The van der Waals surface area contributed by atoms with E-state index in [1.807, 2.05) is 0 Å². The van der Waals surface area contributed by atoms with E-state index in [9.17, 15) is 22.8 Å². The van der Waals surface area contributed by atoms with Crippen LogP contribution in [0.2, 0.25) is 0 Å². The van der Waals surface area contributed by atoms with E-state index in [0.717, 1.165) is 24.3 Å². The van der Waals surface area contributed by atoms with Gasteiger partial charge in [0.25, 0.3) is 5.91 Å². The van der Waals surface area contributed by atoms with Crippen LogP contribution in [0.3, 0.4) is 0 Å². The number of nitrogens with one attached hydrogen (secondary N) is 1. The predicted molar refractivity (Wildman–Crippen MR) is 57.7 cm³/mol. The van der Waals surface area contributed by atoms with Gasteiger partial charge < -0.3 is 15.2 Å². The molecule has 0 heterocycles. The van der Waals surface area contributed by atoms with E-state index in [1.165, 1.54) is 0 Å². The molecule has 0 aliphatic carbocycles. The molecule has 1 aromatic rings. The zero-order valence-corrected chi connectivity index (χ0v) is 9.53. The van der Waals surface area contributed by atoms with Crippen molar-refractivity contribution < 1.29 is 32.6 Å². The molecule has 0 aliphatic rings. The Bertz CT molecular complexity index is 456. The van der Waals surface area contributed by atoms with Gasteiger partial charge in [-0.15, -0.1) is 13.2 Å². The molecule has 0 unspecified atom stereocenters. The summed E-state index contributed by atoms with van der Waals surface area (Å²) in [6.45, 7) is -0.0605. The first-order valence-corrected chi connectivity index (χ1v) is 5.14. The molecule has 1 amide bonds. The number of halogens is 3. The molecule has 2 N–H and O–H groups in total. The minimum Gasteiger partial charge on any atom is -0.481 e. The number of carbonyl (C=O) groups is 2. The van der Waals surface area contributed by atoms with Gasteiger partial charge in [-0.05, 0) is 24.3 Å². The van der Waals surface area contributed by atoms with Gasteiger partial charge in [-0.1, -0.05) is 0 Å². The summed E-state index contributed by atoms with van der Waals surface area (Å²) >= 11 is 0. The van der Waals surface area contributed by atoms with Crippen LogP contribution in [0.25, 0.3) is 0 Å². The van der Waals surface area contributed by atoms with Crippen LogP contribution in [0.5, 0.6) is 5.75 Å². The van der Waals surface area contributed by atoms with E-state index in [2.05, 4.69) is 10.1 Å². The van der Waals surface area contributed by atoms with Crippen LogP contribution in [0, 0.1) is 0 Å². The Morgan fingerprint density at radius 3 is 2.26 bits per heavy atom. The van der Waals surface area contributed by atoms with E-state index in [1.54, 1.807) is 0 Å². The fourth-order valence-corrected chi connectivity index (χ4v) is 1.19. The van der Waals surface area contributed by atoms with Gasteiger partial charge in [0.15, 0.2) is 0 Å². The Hall–Kier alpha value is -2.25. The number of amides is 1. The normalized spacial score (nSPS) is 10.9. The Balaban J connectivity index is 2.56. The van der Waals surface area contributed by atoms with Crippen LogP contribution >= 0.6 is 0 Å². The van der Waals surface area contributed by atoms with Gasteiger partial charge in [0.05, 0.1) is 6.42 Å². The van der Waals surface area contributed by atoms with Gasteiger partial charge in [0.2, 0.25) is 0 Å². The lowest BCUT2D eigenvalue weighted by molar-refractivity contribution is -0.274. The van der Waals surface area contributed by atoms with Crippen molar-refractivity contribution in [3.8, 4) is 5.75 Å². The van der Waals surface area contributed by atoms with Crippen LogP contribution in [0.15, 0.2) is 24.3 Å². The van der Waals surface area contributed by atoms with E-state index in [4.69, 9.17) is 5.11 Å². The standard InChI is InChI=1S/C11H10F3NO4/c12-11(13,14)19-8-3-1-7(2-4-8)10(18)15-6-5-9(16)17/h1-4H,5-6H2,(H,15,18)(H,16,17). The molecule has 0 saturated heterocycles. The third-order valence-electron chi connectivity index (χ3n) is 1.97. The number of benzene rings is 1. The summed E-state index contributed by atoms with van der Waals surface area (Å²) < 4.78 is 39.3. The van der Waals surface area contributed by atoms with E-state index in [-0.39, 0.29) is 18.5 Å². The number of alkyl halides is 3. The van der Waals surface area contributed by atoms with Crippen LogP contribution in [-0.2, 0) is 4.79 Å². The molecule has 1 aromatic carbocycles. The number of carboxylic acids is 1. The Labute approximate surface area is 106 Å². The van der Waals surface area contributed by atoms with Gasteiger partial charge in [-0.2, -0.15) is 0 Å². The van der Waals surface area contributed by atoms with Crippen molar-refractivity contribution in [3.63, 3.8) is 0 Å². The predicted octanol–water partition coefficient (Wildman–Crippen LogP) is 1.79. The number of carboxylic acid groups (broad SMARTS) is 1. The maximum absolute atomic E-state index is 11.9. The van der Waals surface area contributed by atoms with E-state index >= 15 is 0 Å². The molecule has 8 heteroatoms. The van der Waals surface area contributed by atoms with Gasteiger partial charge in [0, 0.05) is 12.1 Å². The van der Waals surface area contributed by atoms with Crippen molar-refractivity contribution in [3.05, 3.63) is 29.8 Å². The fourth-order valence-electron chi connectivity index (χ4n) is 1.19. The molecule has 104 valence electrons. The van der Waals surface area contributed by atoms with E-state index in [0.29, 0.717) is 0 Å². The van der Waals surface area contributed by atoms with Crippen LogP contribution in [0.4, 0.5) is 13.2 Å². The maximum Gasteiger partial charge on any atom is 0.573 e. The Kier molecular flexibility index (Phi) is 4.74. The largest absolute Gasteiger partial charge is 0.573 e. The third-order valence-corrected chi connectivity index (χ3v) is 1.97. The SMILES string of the molecule is O=C(O)CCNC(=O)c1ccc(OC(F)(F)F)cc1. The molecule has 0 aliphatic heterocycles. The second-order valence-electron chi connectivity index (χ2n) is 3.47. The number of rotatable bonds is 5. The van der Waals surface area contributed by atoms with Crippen LogP contribution in [0.1, 0.15) is 16.8 Å². The molecule has 0 radical (unpaired) electrons. The highest BCUT2D eigenvalue weighted by atomic mass is 19.4. The highest BCUT2D eigenvalue weighted by Crippen LogP contribution is 2.22. The summed E-state index contributed by atoms with van der Waals surface area (Å²) in [5.41, 5.74) is 0.111. The molecule has 19 heavy (non-hydrogen) atoms. The first-order valence-electron chi connectivity index (χ1n) is 5.14. The number of aliphatic carboxylic acids is 1. The first-order chi connectivity index (χ1) is 8.78. The average molecular weight is 277 g/mol. The molecule has 0 spiro atoms. The van der Waals surface area contributed by atoms with Crippen molar-refractivity contribution in [1.82, 2.24) is 5.32 Å². The van der Waals surface area contributed by atoms with Gasteiger partial charge in [0.1, 0.15) is 5.75 Å². The topological polar surface area (TPSA) is 75.6 Å². The monoisotopic (exact) mass is 277 g/mol. The van der Waals surface area contributed by atoms with Gasteiger partial charge >= 0.3 is 12.3 Å². The molecule has 5 nitrogen and oxygen atoms in total. The zero-order valence-electron chi connectivity index (χ0n) is 9.53. The number of ether oxygens (including phenoxy) is 1. The lowest BCUT2D eigenvalue weighted by atomic mass is 10.2. The van der Waals surface area contributed by atoms with Crippen molar-refractivity contribution >= 4 is 11.9 Å². The van der Waals surface area contributed by atoms with Gasteiger partial charge in [-0.3, -0.25) is 9.59 Å². The van der Waals surface area contributed by atoms with Crippen molar-refractivity contribution in [2.24, 2.45) is 0 Å². The highest BCUT2D eigenvalue weighted by Gasteiger charge is 2.31. The molecule has 0 saturated carbocycles. The molecule has 0 atom stereocenters. The zero-order chi connectivity index (χ0) is 14.5. The number of carbonyl (C=O) groups excluding carboxylic acids is 1. The quantitative estimate of drug-likeness (QED) is 0.860. The van der Waals surface area contributed by atoms with Gasteiger partial charge in [-0.25, -0.2) is 0 Å². The lowest BCUT2D eigenvalue weighted by Gasteiger charge is -2.09. The molecule has 0 fully saturated rings. The molecule has 0 bridgehead atoms. The highest BCUT2D eigenvalue weighted by molar-refractivity contribution is 5.94. The van der Waals surface area contributed by atoms with Crippen LogP contribution in [-0.4, -0.2) is 29.9 Å². The minimum atomic E-state index is -4.79. The Morgan fingerprint density at radius 2 is 1.79 bits per heavy atom. The Morgan fingerprint density at radius 1 is 1.21 bits per heavy atom. The molecule has 0 aromatic heterocycles. The summed E-state index contributed by atoms with van der Waals surface area (Å²) in [7, 11) is 0. The summed E-state index contributed by atoms with van der Waals surface area (Å²) in [6.07, 6.45) is -5.02. The van der Waals surface area contributed by atoms with Crippen molar-refractivity contribution in [1.29, 1.82) is 0 Å². The summed E-state index contributed by atoms with van der Waals surface area (Å²) in [6, 6.07) is 4.30. The molecular formula is C11H10F3NO4. The van der Waals surface area contributed by atoms with E-state index < -0.39 is 24.0 Å². The van der Waals surface area contributed by atoms with Crippen molar-refractivity contribution in [2.75, 3.05) is 6.54 Å². The summed E-state index contributed by atoms with van der Waals surface area (Å²) in [4.78, 5) is 21.7. The smallest absolute Gasteiger partial charge is 0.481 e. The third kappa shape index (κ3) is 5.75. The van der Waals surface area contributed by atoms with Crippen LogP contribution < -0.4 is 10.1 Å². The fraction of sp³-hybridized carbons (Fsp3) is 0.273. The minimum absolute atomic E-state index is 0.0605. The maximum atomic E-state index is 11.9. The summed E-state index contributed by atoms with van der Waals surface area (Å²) in [5.74, 6) is -2.07. The molecular weight excluding hydrogens is 267 g/mol. The molecule has 1 rings (SSSR count). The van der Waals surface area contributed by atoms with Crippen molar-refractivity contribution in [2.45, 2.75) is 12.8 Å². The lowest BCUT2D eigenvalue weighted by Crippen LogP contribution is -2.26. The number of hydrogen-bond donors (Lipinski definition) is 2. The number of hydrogen-bond acceptors (Lipinski definition) is 3. The average Bonchev–Trinajstić information content (AvgIpc) is 2.27. The summed E-state index contributed by atoms with van der Waals surface area (Å²) in [5, 5.41) is 10.7.